The fourth-order valence-corrected chi connectivity index (χ4v) is 1.98. The van der Waals surface area contributed by atoms with E-state index in [1.54, 1.807) is 0 Å². The van der Waals surface area contributed by atoms with E-state index in [4.69, 9.17) is 10.5 Å². The molecule has 1 aromatic carbocycles. The number of nitrogen functional groups attached to an aromatic ring is 1. The van der Waals surface area contributed by atoms with Gasteiger partial charge in [-0.1, -0.05) is 0 Å². The smallest absolute Gasteiger partial charge is 0.119 e. The van der Waals surface area contributed by atoms with E-state index in [0.29, 0.717) is 0 Å². The maximum Gasteiger partial charge on any atom is 0.119 e. The molecule has 0 unspecified atom stereocenters. The molecule has 0 bridgehead atoms. The van der Waals surface area contributed by atoms with Crippen LogP contribution in [0.15, 0.2) is 24.3 Å². The summed E-state index contributed by atoms with van der Waals surface area (Å²) < 4.78 is 5.65. The van der Waals surface area contributed by atoms with Crippen molar-refractivity contribution in [2.45, 2.75) is 6.42 Å². The second-order valence-electron chi connectivity index (χ2n) is 4.36. The first kappa shape index (κ1) is 12.2. The lowest BCUT2D eigenvalue weighted by Gasteiger charge is -2.26. The summed E-state index contributed by atoms with van der Waals surface area (Å²) in [6.07, 6.45) is 1.07. The van der Waals surface area contributed by atoms with Crippen molar-refractivity contribution >= 4 is 5.69 Å². The van der Waals surface area contributed by atoms with Gasteiger partial charge in [-0.25, -0.2) is 0 Å². The predicted molar refractivity (Wildman–Crippen MR) is 70.3 cm³/mol. The van der Waals surface area contributed by atoms with Crippen LogP contribution in [0.1, 0.15) is 6.42 Å². The van der Waals surface area contributed by atoms with Crippen LogP contribution in [0.25, 0.3) is 0 Å². The average molecular weight is 235 g/mol. The third-order valence-corrected chi connectivity index (χ3v) is 2.98. The average Bonchev–Trinajstić information content (AvgIpc) is 2.38. The van der Waals surface area contributed by atoms with E-state index in [9.17, 15) is 0 Å². The van der Waals surface area contributed by atoms with Crippen LogP contribution in [0, 0.1) is 0 Å². The zero-order chi connectivity index (χ0) is 11.9. The van der Waals surface area contributed by atoms with Crippen molar-refractivity contribution < 1.29 is 4.74 Å². The molecule has 1 saturated heterocycles. The van der Waals surface area contributed by atoms with Crippen LogP contribution < -0.4 is 15.8 Å². The molecule has 0 radical (unpaired) electrons. The molecule has 17 heavy (non-hydrogen) atoms. The van der Waals surface area contributed by atoms with Crippen LogP contribution in [-0.4, -0.2) is 44.2 Å². The number of piperazine rings is 1. The molecule has 0 atom stereocenters. The van der Waals surface area contributed by atoms with Gasteiger partial charge in [-0.05, 0) is 30.7 Å². The molecule has 3 N–H and O–H groups in total. The van der Waals surface area contributed by atoms with Crippen molar-refractivity contribution in [2.75, 3.05) is 45.1 Å². The van der Waals surface area contributed by atoms with E-state index in [2.05, 4.69) is 10.2 Å². The first-order valence-corrected chi connectivity index (χ1v) is 6.26. The Balaban J connectivity index is 1.60. The fraction of sp³-hybridized carbons (Fsp3) is 0.538. The quantitative estimate of drug-likeness (QED) is 0.589. The first-order chi connectivity index (χ1) is 8.34. The largest absolute Gasteiger partial charge is 0.494 e. The summed E-state index contributed by atoms with van der Waals surface area (Å²) in [6.45, 7) is 6.42. The molecule has 0 amide bonds. The van der Waals surface area contributed by atoms with E-state index in [-0.39, 0.29) is 0 Å². The minimum absolute atomic E-state index is 0.772. The van der Waals surface area contributed by atoms with E-state index in [0.717, 1.165) is 57.2 Å². The van der Waals surface area contributed by atoms with E-state index in [1.165, 1.54) is 0 Å². The standard InChI is InChI=1S/C13H21N3O/c14-12-2-4-13(5-3-12)17-11-1-8-16-9-6-15-7-10-16/h2-5,15H,1,6-11,14H2. The SMILES string of the molecule is Nc1ccc(OCCCN2CCNCC2)cc1. The summed E-state index contributed by atoms with van der Waals surface area (Å²) in [5.74, 6) is 0.902. The third kappa shape index (κ3) is 4.24. The Morgan fingerprint density at radius 3 is 2.59 bits per heavy atom. The topological polar surface area (TPSA) is 50.5 Å². The number of hydrogen-bond donors (Lipinski definition) is 2. The van der Waals surface area contributed by atoms with Crippen molar-refractivity contribution in [3.05, 3.63) is 24.3 Å². The van der Waals surface area contributed by atoms with Crippen molar-refractivity contribution in [2.24, 2.45) is 0 Å². The predicted octanol–water partition coefficient (Wildman–Crippen LogP) is 0.943. The van der Waals surface area contributed by atoms with E-state index < -0.39 is 0 Å². The Morgan fingerprint density at radius 2 is 1.88 bits per heavy atom. The molecule has 1 aliphatic heterocycles. The molecule has 0 spiro atoms. The lowest BCUT2D eigenvalue weighted by molar-refractivity contribution is 0.214. The molecule has 4 nitrogen and oxygen atoms in total. The van der Waals surface area contributed by atoms with Gasteiger partial charge in [0.05, 0.1) is 6.61 Å². The van der Waals surface area contributed by atoms with Crippen molar-refractivity contribution in [3.8, 4) is 5.75 Å². The number of benzene rings is 1. The number of nitrogens with two attached hydrogens (primary N) is 1. The van der Waals surface area contributed by atoms with Crippen LogP contribution in [0.5, 0.6) is 5.75 Å². The lowest BCUT2D eigenvalue weighted by Crippen LogP contribution is -2.43. The van der Waals surface area contributed by atoms with Gasteiger partial charge in [-0.3, -0.25) is 0 Å². The molecule has 1 aromatic rings. The number of ether oxygens (including phenoxy) is 1. The fourth-order valence-electron chi connectivity index (χ4n) is 1.98. The van der Waals surface area contributed by atoms with Gasteiger partial charge in [0, 0.05) is 38.4 Å². The maximum atomic E-state index is 5.65. The second-order valence-corrected chi connectivity index (χ2v) is 4.36. The van der Waals surface area contributed by atoms with Gasteiger partial charge in [0.2, 0.25) is 0 Å². The molecule has 94 valence electrons. The normalized spacial score (nSPS) is 16.9. The Hall–Kier alpha value is -1.26. The Bertz CT molecular complexity index is 320. The number of nitrogens with zero attached hydrogens (tertiary/aromatic N) is 1. The van der Waals surface area contributed by atoms with Gasteiger partial charge in [0.25, 0.3) is 0 Å². The summed E-state index contributed by atoms with van der Waals surface area (Å²) in [6, 6.07) is 7.57. The highest BCUT2D eigenvalue weighted by Crippen LogP contribution is 2.13. The molecular formula is C13H21N3O. The zero-order valence-electron chi connectivity index (χ0n) is 10.2. The van der Waals surface area contributed by atoms with Crippen LogP contribution in [-0.2, 0) is 0 Å². The molecule has 4 heteroatoms. The van der Waals surface area contributed by atoms with Gasteiger partial charge in [0.15, 0.2) is 0 Å². The number of nitrogens with one attached hydrogen (secondary N) is 1. The van der Waals surface area contributed by atoms with Crippen LogP contribution in [0.2, 0.25) is 0 Å². The highest BCUT2D eigenvalue weighted by atomic mass is 16.5. The summed E-state index contributed by atoms with van der Waals surface area (Å²) in [5.41, 5.74) is 6.39. The van der Waals surface area contributed by atoms with Gasteiger partial charge in [-0.15, -0.1) is 0 Å². The third-order valence-electron chi connectivity index (χ3n) is 2.98. The van der Waals surface area contributed by atoms with Crippen LogP contribution >= 0.6 is 0 Å². The summed E-state index contributed by atoms with van der Waals surface area (Å²) in [4.78, 5) is 2.48. The minimum atomic E-state index is 0.772. The number of hydrogen-bond acceptors (Lipinski definition) is 4. The summed E-state index contributed by atoms with van der Waals surface area (Å²) in [7, 11) is 0. The van der Waals surface area contributed by atoms with Gasteiger partial charge >= 0.3 is 0 Å². The Kier molecular flexibility index (Phi) is 4.64. The highest BCUT2D eigenvalue weighted by Gasteiger charge is 2.08. The Labute approximate surface area is 103 Å². The van der Waals surface area contributed by atoms with Crippen molar-refractivity contribution in [3.63, 3.8) is 0 Å². The first-order valence-electron chi connectivity index (χ1n) is 6.26. The van der Waals surface area contributed by atoms with Gasteiger partial charge in [0.1, 0.15) is 5.75 Å². The highest BCUT2D eigenvalue weighted by molar-refractivity contribution is 5.41. The van der Waals surface area contributed by atoms with E-state index in [1.807, 2.05) is 24.3 Å². The lowest BCUT2D eigenvalue weighted by atomic mass is 10.3. The van der Waals surface area contributed by atoms with Gasteiger partial charge in [-0.2, -0.15) is 0 Å². The number of rotatable bonds is 5. The molecule has 1 aliphatic rings. The van der Waals surface area contributed by atoms with E-state index >= 15 is 0 Å². The molecule has 1 fully saturated rings. The molecule has 1 heterocycles. The van der Waals surface area contributed by atoms with Crippen LogP contribution in [0.3, 0.4) is 0 Å². The molecule has 2 rings (SSSR count). The van der Waals surface area contributed by atoms with Crippen molar-refractivity contribution in [1.82, 2.24) is 10.2 Å². The maximum absolute atomic E-state index is 5.65. The second kappa shape index (κ2) is 6.47. The molecule has 0 aromatic heterocycles. The number of anilines is 1. The summed E-state index contributed by atoms with van der Waals surface area (Å²) in [5, 5.41) is 3.35. The zero-order valence-corrected chi connectivity index (χ0v) is 10.2. The summed E-state index contributed by atoms with van der Waals surface area (Å²) >= 11 is 0. The Morgan fingerprint density at radius 1 is 1.18 bits per heavy atom. The van der Waals surface area contributed by atoms with Gasteiger partial charge < -0.3 is 20.7 Å². The molecule has 0 aliphatic carbocycles. The minimum Gasteiger partial charge on any atom is -0.494 e. The van der Waals surface area contributed by atoms with Crippen LogP contribution in [0.4, 0.5) is 5.69 Å². The molecular weight excluding hydrogens is 214 g/mol. The van der Waals surface area contributed by atoms with Crippen molar-refractivity contribution in [1.29, 1.82) is 0 Å². The monoisotopic (exact) mass is 235 g/mol. The molecule has 0 saturated carbocycles.